The predicted octanol–water partition coefficient (Wildman–Crippen LogP) is 1.25. The Hall–Kier alpha value is -0.850. The molecular weight excluding hydrogens is 272 g/mol. The zero-order valence-electron chi connectivity index (χ0n) is 13.3. The van der Waals surface area contributed by atoms with Gasteiger partial charge in [0, 0.05) is 12.1 Å². The molecule has 0 aromatic rings. The summed E-state index contributed by atoms with van der Waals surface area (Å²) in [5.74, 6) is 0. The number of carbonyl (C=O) groups excluding carboxylic acids is 1. The van der Waals surface area contributed by atoms with Crippen LogP contribution >= 0.6 is 0 Å². The maximum absolute atomic E-state index is 12.2. The van der Waals surface area contributed by atoms with E-state index in [1.807, 2.05) is 20.8 Å². The lowest BCUT2D eigenvalue weighted by molar-refractivity contribution is -0.0841. The van der Waals surface area contributed by atoms with E-state index in [4.69, 9.17) is 15.2 Å². The minimum atomic E-state index is -0.500. The molecule has 0 radical (unpaired) electrons. The Balaban J connectivity index is 1.96. The highest BCUT2D eigenvalue weighted by Gasteiger charge is 2.42. The number of nitrogens with two attached hydrogens (primary N) is 1. The number of morpholine rings is 1. The molecule has 1 unspecified atom stereocenters. The molecule has 1 aliphatic heterocycles. The molecule has 0 spiro atoms. The lowest BCUT2D eigenvalue weighted by Gasteiger charge is -2.45. The Bertz CT molecular complexity index is 372. The summed E-state index contributed by atoms with van der Waals surface area (Å²) < 4.78 is 11.2. The van der Waals surface area contributed by atoms with Crippen LogP contribution in [0.2, 0.25) is 0 Å². The molecule has 122 valence electrons. The molecule has 0 aromatic carbocycles. The van der Waals surface area contributed by atoms with Gasteiger partial charge in [-0.05, 0) is 46.5 Å². The van der Waals surface area contributed by atoms with Gasteiger partial charge in [-0.1, -0.05) is 0 Å². The Morgan fingerprint density at radius 1 is 1.38 bits per heavy atom. The number of aliphatic hydroxyl groups excluding tert-OH is 1. The van der Waals surface area contributed by atoms with Crippen molar-refractivity contribution in [2.75, 3.05) is 19.7 Å². The predicted molar refractivity (Wildman–Crippen MR) is 78.9 cm³/mol. The highest BCUT2D eigenvalue weighted by molar-refractivity contribution is 5.68. The lowest BCUT2D eigenvalue weighted by atomic mass is 9.77. The van der Waals surface area contributed by atoms with Crippen LogP contribution in [-0.2, 0) is 9.47 Å². The topological polar surface area (TPSA) is 85.0 Å². The highest BCUT2D eigenvalue weighted by Crippen LogP contribution is 2.32. The third-order valence-corrected chi connectivity index (χ3v) is 4.25. The van der Waals surface area contributed by atoms with Crippen molar-refractivity contribution in [2.45, 2.75) is 69.8 Å². The molecule has 2 rings (SSSR count). The van der Waals surface area contributed by atoms with Gasteiger partial charge in [-0.2, -0.15) is 0 Å². The number of amides is 1. The molecule has 1 atom stereocenters. The van der Waals surface area contributed by atoms with E-state index < -0.39 is 11.1 Å². The smallest absolute Gasteiger partial charge is 0.410 e. The van der Waals surface area contributed by atoms with Crippen LogP contribution in [-0.4, -0.2) is 59.1 Å². The van der Waals surface area contributed by atoms with Crippen LogP contribution in [0.3, 0.4) is 0 Å². The van der Waals surface area contributed by atoms with E-state index in [0.717, 1.165) is 12.8 Å². The normalized spacial score (nSPS) is 34.6. The van der Waals surface area contributed by atoms with Crippen LogP contribution in [0.4, 0.5) is 4.79 Å². The van der Waals surface area contributed by atoms with Gasteiger partial charge in [0.15, 0.2) is 0 Å². The van der Waals surface area contributed by atoms with Gasteiger partial charge < -0.3 is 25.2 Å². The summed E-state index contributed by atoms with van der Waals surface area (Å²) in [7, 11) is 0. The molecule has 2 aliphatic rings. The maximum atomic E-state index is 12.2. The quantitative estimate of drug-likeness (QED) is 0.761. The van der Waals surface area contributed by atoms with E-state index in [0.29, 0.717) is 32.5 Å². The van der Waals surface area contributed by atoms with Crippen molar-refractivity contribution in [2.24, 2.45) is 5.73 Å². The van der Waals surface area contributed by atoms with Gasteiger partial charge in [0.2, 0.25) is 0 Å². The molecule has 6 heteroatoms. The second-order valence-electron chi connectivity index (χ2n) is 7.25. The monoisotopic (exact) mass is 300 g/mol. The third-order valence-electron chi connectivity index (χ3n) is 4.25. The van der Waals surface area contributed by atoms with Crippen molar-refractivity contribution in [1.82, 2.24) is 4.90 Å². The average molecular weight is 300 g/mol. The van der Waals surface area contributed by atoms with Crippen LogP contribution in [0.25, 0.3) is 0 Å². The maximum Gasteiger partial charge on any atom is 0.410 e. The lowest BCUT2D eigenvalue weighted by Crippen LogP contribution is -2.61. The molecule has 1 amide bonds. The molecule has 6 nitrogen and oxygen atoms in total. The van der Waals surface area contributed by atoms with Gasteiger partial charge in [0.05, 0.1) is 25.4 Å². The summed E-state index contributed by atoms with van der Waals surface area (Å²) in [4.78, 5) is 13.8. The van der Waals surface area contributed by atoms with E-state index in [9.17, 15) is 9.90 Å². The number of rotatable bonds is 1. The van der Waals surface area contributed by atoms with Crippen LogP contribution in [0.15, 0.2) is 0 Å². The summed E-state index contributed by atoms with van der Waals surface area (Å²) in [6.07, 6.45) is 2.09. The fourth-order valence-corrected chi connectivity index (χ4v) is 2.95. The van der Waals surface area contributed by atoms with Gasteiger partial charge in [-0.25, -0.2) is 4.79 Å². The molecule has 0 bridgehead atoms. The molecular formula is C15H28N2O4. The minimum absolute atomic E-state index is 0.189. The van der Waals surface area contributed by atoms with E-state index in [2.05, 4.69) is 0 Å². The van der Waals surface area contributed by atoms with E-state index in [1.54, 1.807) is 4.90 Å². The van der Waals surface area contributed by atoms with Crippen molar-refractivity contribution in [3.63, 3.8) is 0 Å². The first kappa shape index (κ1) is 16.5. The number of aliphatic hydroxyl groups is 1. The first-order valence-electron chi connectivity index (χ1n) is 7.76. The standard InChI is InChI=1S/C15H28N2O4/c1-14(2,3)21-13(19)17-8-9-20-12(10-17)15(16)6-4-11(18)5-7-15/h11-12,18H,4-10,16H2,1-3H3. The molecule has 1 heterocycles. The summed E-state index contributed by atoms with van der Waals surface area (Å²) in [5.41, 5.74) is 5.51. The first-order valence-corrected chi connectivity index (χ1v) is 7.76. The highest BCUT2D eigenvalue weighted by atomic mass is 16.6. The zero-order valence-corrected chi connectivity index (χ0v) is 13.3. The SMILES string of the molecule is CC(C)(C)OC(=O)N1CCOC(C2(N)CCC(O)CC2)C1. The van der Waals surface area contributed by atoms with E-state index in [-0.39, 0.29) is 18.3 Å². The Morgan fingerprint density at radius 2 is 2.00 bits per heavy atom. The van der Waals surface area contributed by atoms with Crippen molar-refractivity contribution in [3.05, 3.63) is 0 Å². The summed E-state index contributed by atoms with van der Waals surface area (Å²) in [6.45, 7) is 7.04. The molecule has 3 N–H and O–H groups in total. The van der Waals surface area contributed by atoms with Gasteiger partial charge in [-0.3, -0.25) is 0 Å². The molecule has 1 saturated carbocycles. The number of hydrogen-bond donors (Lipinski definition) is 2. The van der Waals surface area contributed by atoms with Gasteiger partial charge >= 0.3 is 6.09 Å². The molecule has 0 aromatic heterocycles. The summed E-state index contributed by atoms with van der Waals surface area (Å²) in [6, 6.07) is 0. The number of nitrogens with zero attached hydrogens (tertiary/aromatic N) is 1. The number of carbonyl (C=O) groups is 1. The summed E-state index contributed by atoms with van der Waals surface area (Å²) in [5, 5.41) is 9.63. The number of ether oxygens (including phenoxy) is 2. The largest absolute Gasteiger partial charge is 0.444 e. The Kier molecular flexibility index (Phi) is 4.80. The molecule has 2 fully saturated rings. The van der Waals surface area contributed by atoms with Gasteiger partial charge in [-0.15, -0.1) is 0 Å². The van der Waals surface area contributed by atoms with E-state index in [1.165, 1.54) is 0 Å². The molecule has 21 heavy (non-hydrogen) atoms. The fourth-order valence-electron chi connectivity index (χ4n) is 2.95. The fraction of sp³-hybridized carbons (Fsp3) is 0.933. The molecule has 1 aliphatic carbocycles. The Labute approximate surface area is 126 Å². The van der Waals surface area contributed by atoms with Crippen molar-refractivity contribution < 1.29 is 19.4 Å². The van der Waals surface area contributed by atoms with Crippen molar-refractivity contribution >= 4 is 6.09 Å². The first-order chi connectivity index (χ1) is 9.70. The molecule has 1 saturated heterocycles. The second-order valence-corrected chi connectivity index (χ2v) is 7.25. The van der Waals surface area contributed by atoms with Gasteiger partial charge in [0.25, 0.3) is 0 Å². The Morgan fingerprint density at radius 3 is 2.57 bits per heavy atom. The van der Waals surface area contributed by atoms with Crippen molar-refractivity contribution in [1.29, 1.82) is 0 Å². The van der Waals surface area contributed by atoms with Gasteiger partial charge in [0.1, 0.15) is 5.60 Å². The minimum Gasteiger partial charge on any atom is -0.444 e. The number of hydrogen-bond acceptors (Lipinski definition) is 5. The van der Waals surface area contributed by atoms with Crippen LogP contribution in [0.1, 0.15) is 46.5 Å². The van der Waals surface area contributed by atoms with Crippen LogP contribution in [0, 0.1) is 0 Å². The van der Waals surface area contributed by atoms with Crippen LogP contribution < -0.4 is 5.73 Å². The summed E-state index contributed by atoms with van der Waals surface area (Å²) >= 11 is 0. The second kappa shape index (κ2) is 6.10. The zero-order chi connectivity index (χ0) is 15.7. The van der Waals surface area contributed by atoms with Crippen molar-refractivity contribution in [3.8, 4) is 0 Å². The van der Waals surface area contributed by atoms with Crippen LogP contribution in [0.5, 0.6) is 0 Å². The van der Waals surface area contributed by atoms with E-state index >= 15 is 0 Å². The average Bonchev–Trinajstić information content (AvgIpc) is 2.41. The third kappa shape index (κ3) is 4.31.